The zero-order valence-corrected chi connectivity index (χ0v) is 16.0. The van der Waals surface area contributed by atoms with Gasteiger partial charge in [0.05, 0.1) is 17.6 Å². The molecule has 6 heteroatoms. The van der Waals surface area contributed by atoms with E-state index in [1.54, 1.807) is 6.33 Å². The van der Waals surface area contributed by atoms with Gasteiger partial charge in [0.2, 0.25) is 0 Å². The molecule has 5 rings (SSSR count). The van der Waals surface area contributed by atoms with Gasteiger partial charge in [-0.05, 0) is 38.0 Å². The molecule has 2 aromatic heterocycles. The summed E-state index contributed by atoms with van der Waals surface area (Å²) in [6.45, 7) is 1.89. The minimum Gasteiger partial charge on any atom is -0.360 e. The van der Waals surface area contributed by atoms with Gasteiger partial charge in [-0.2, -0.15) is 0 Å². The number of rotatable bonds is 5. The van der Waals surface area contributed by atoms with Crippen LogP contribution in [0, 0.1) is 6.92 Å². The van der Waals surface area contributed by atoms with Gasteiger partial charge in [-0.15, -0.1) is 0 Å². The average Bonchev–Trinajstić information content (AvgIpc) is 3.29. The lowest BCUT2D eigenvalue weighted by Crippen LogP contribution is -2.25. The number of amides is 1. The van der Waals surface area contributed by atoms with Crippen molar-refractivity contribution in [3.05, 3.63) is 78.4 Å². The number of nitrogens with zero attached hydrogens (tertiary/aromatic N) is 3. The van der Waals surface area contributed by atoms with E-state index in [4.69, 9.17) is 4.52 Å². The predicted octanol–water partition coefficient (Wildman–Crippen LogP) is 4.39. The molecule has 1 amide bonds. The number of carbonyl (C=O) groups is 1. The highest BCUT2D eigenvalue weighted by Crippen LogP contribution is 2.33. The summed E-state index contributed by atoms with van der Waals surface area (Å²) in [7, 11) is 0. The van der Waals surface area contributed by atoms with Crippen molar-refractivity contribution in [1.82, 2.24) is 20.0 Å². The number of nitrogens with one attached hydrogen (secondary N) is 1. The Morgan fingerprint density at radius 1 is 1.14 bits per heavy atom. The van der Waals surface area contributed by atoms with E-state index in [-0.39, 0.29) is 5.91 Å². The van der Waals surface area contributed by atoms with Crippen LogP contribution in [0.4, 0.5) is 0 Å². The van der Waals surface area contributed by atoms with Gasteiger partial charge >= 0.3 is 0 Å². The third-order valence-corrected chi connectivity index (χ3v) is 5.07. The van der Waals surface area contributed by atoms with Crippen LogP contribution in [0.5, 0.6) is 0 Å². The van der Waals surface area contributed by atoms with Crippen molar-refractivity contribution in [2.45, 2.75) is 25.8 Å². The summed E-state index contributed by atoms with van der Waals surface area (Å²) in [4.78, 5) is 16.9. The second kappa shape index (κ2) is 7.05. The summed E-state index contributed by atoms with van der Waals surface area (Å²) in [5.41, 5.74) is 4.92. The van der Waals surface area contributed by atoms with Crippen molar-refractivity contribution in [2.75, 3.05) is 0 Å². The summed E-state index contributed by atoms with van der Waals surface area (Å²) >= 11 is 0. The Kier molecular flexibility index (Phi) is 4.24. The van der Waals surface area contributed by atoms with Crippen molar-refractivity contribution in [1.29, 1.82) is 0 Å². The molecule has 2 heterocycles. The maximum atomic E-state index is 12.4. The highest BCUT2D eigenvalue weighted by Gasteiger charge is 2.24. The Labute approximate surface area is 168 Å². The molecule has 1 N–H and O–H groups in total. The van der Waals surface area contributed by atoms with Crippen molar-refractivity contribution in [3.63, 3.8) is 0 Å². The van der Waals surface area contributed by atoms with Crippen LogP contribution in [-0.2, 0) is 0 Å². The van der Waals surface area contributed by atoms with E-state index in [9.17, 15) is 4.79 Å². The molecule has 1 saturated carbocycles. The molecule has 0 aliphatic heterocycles. The van der Waals surface area contributed by atoms with Crippen LogP contribution in [0.2, 0.25) is 0 Å². The first-order valence-electron chi connectivity index (χ1n) is 9.66. The minimum atomic E-state index is -0.0315. The van der Waals surface area contributed by atoms with Gasteiger partial charge in [0.15, 0.2) is 0 Å². The monoisotopic (exact) mass is 384 g/mol. The van der Waals surface area contributed by atoms with Gasteiger partial charge < -0.3 is 14.4 Å². The molecule has 0 unspecified atom stereocenters. The fourth-order valence-electron chi connectivity index (χ4n) is 3.36. The lowest BCUT2D eigenvalue weighted by molar-refractivity contribution is 0.0951. The van der Waals surface area contributed by atoms with Crippen molar-refractivity contribution in [2.24, 2.45) is 0 Å². The van der Waals surface area contributed by atoms with Gasteiger partial charge in [-0.25, -0.2) is 4.98 Å². The molecule has 0 atom stereocenters. The van der Waals surface area contributed by atoms with Crippen LogP contribution in [0.1, 0.15) is 29.0 Å². The Morgan fingerprint density at radius 3 is 2.76 bits per heavy atom. The second-order valence-electron chi connectivity index (χ2n) is 7.29. The van der Waals surface area contributed by atoms with E-state index in [2.05, 4.69) is 15.5 Å². The number of imidazole rings is 1. The fraction of sp³-hybridized carbons (Fsp3) is 0.174. The van der Waals surface area contributed by atoms with E-state index in [1.165, 1.54) is 0 Å². The molecule has 0 radical (unpaired) electrons. The van der Waals surface area contributed by atoms with Crippen LogP contribution in [0.3, 0.4) is 0 Å². The summed E-state index contributed by atoms with van der Waals surface area (Å²) in [5.74, 6) is 0.683. The fourth-order valence-corrected chi connectivity index (χ4v) is 3.36. The lowest BCUT2D eigenvalue weighted by atomic mass is 10.0. The predicted molar refractivity (Wildman–Crippen MR) is 110 cm³/mol. The van der Waals surface area contributed by atoms with Gasteiger partial charge in [0.1, 0.15) is 11.5 Å². The molecule has 2 aromatic carbocycles. The largest absolute Gasteiger partial charge is 0.360 e. The topological polar surface area (TPSA) is 73.0 Å². The van der Waals surface area contributed by atoms with Crippen molar-refractivity contribution < 1.29 is 9.32 Å². The number of hydrogen-bond acceptors (Lipinski definition) is 4. The van der Waals surface area contributed by atoms with Crippen LogP contribution in [-0.4, -0.2) is 26.7 Å². The molecule has 4 aromatic rings. The Hall–Kier alpha value is -3.67. The summed E-state index contributed by atoms with van der Waals surface area (Å²) in [5, 5.41) is 7.26. The summed E-state index contributed by atoms with van der Waals surface area (Å²) in [6, 6.07) is 17.8. The molecule has 6 nitrogen and oxygen atoms in total. The van der Waals surface area contributed by atoms with Crippen LogP contribution in [0.25, 0.3) is 28.2 Å². The second-order valence-corrected chi connectivity index (χ2v) is 7.29. The van der Waals surface area contributed by atoms with Crippen LogP contribution in [0.15, 0.2) is 71.6 Å². The maximum Gasteiger partial charge on any atom is 0.251 e. The Bertz CT molecular complexity index is 1170. The number of benzene rings is 2. The van der Waals surface area contributed by atoms with Crippen molar-refractivity contribution >= 4 is 5.91 Å². The third-order valence-electron chi connectivity index (χ3n) is 5.07. The highest BCUT2D eigenvalue weighted by atomic mass is 16.5. The van der Waals surface area contributed by atoms with Gasteiger partial charge in [0, 0.05) is 29.1 Å². The zero-order valence-electron chi connectivity index (χ0n) is 16.0. The summed E-state index contributed by atoms with van der Waals surface area (Å²) < 4.78 is 7.37. The third kappa shape index (κ3) is 3.45. The summed E-state index contributed by atoms with van der Waals surface area (Å²) in [6.07, 6.45) is 5.81. The van der Waals surface area contributed by atoms with Crippen LogP contribution < -0.4 is 5.32 Å². The minimum absolute atomic E-state index is 0.0315. The zero-order chi connectivity index (χ0) is 19.8. The molecular formula is C23H20N4O2. The molecule has 1 fully saturated rings. The molecule has 0 spiro atoms. The first-order chi connectivity index (χ1) is 14.2. The number of aryl methyl sites for hydroxylation is 1. The van der Waals surface area contributed by atoms with Gasteiger partial charge in [-0.1, -0.05) is 41.6 Å². The maximum absolute atomic E-state index is 12.4. The number of hydrogen-bond donors (Lipinski definition) is 1. The molecule has 144 valence electrons. The number of aromatic nitrogens is 3. The first-order valence-corrected chi connectivity index (χ1v) is 9.66. The molecule has 0 bridgehead atoms. The van der Waals surface area contributed by atoms with Gasteiger partial charge in [0.25, 0.3) is 5.91 Å². The highest BCUT2D eigenvalue weighted by molar-refractivity contribution is 5.95. The number of carbonyl (C=O) groups excluding carboxylic acids is 1. The average molecular weight is 384 g/mol. The molecule has 0 saturated heterocycles. The quantitative estimate of drug-likeness (QED) is 0.554. The Balaban J connectivity index is 1.48. The van der Waals surface area contributed by atoms with E-state index < -0.39 is 0 Å². The van der Waals surface area contributed by atoms with E-state index in [1.807, 2.05) is 72.3 Å². The first kappa shape index (κ1) is 17.4. The Morgan fingerprint density at radius 2 is 1.97 bits per heavy atom. The van der Waals surface area contributed by atoms with E-state index in [0.29, 0.717) is 17.4 Å². The molecular weight excluding hydrogens is 364 g/mol. The SMILES string of the molecule is Cc1onc(-c2ccccc2)c1-c1cn(-c2cccc(C(=O)NC3CC3)c2)cn1. The normalized spacial score (nSPS) is 13.4. The standard InChI is InChI=1S/C23H20N4O2/c1-15-21(22(26-29-15)16-6-3-2-4-7-16)20-13-27(14-24-20)19-9-5-8-17(12-19)23(28)25-18-10-11-18/h2-9,12-14,18H,10-11H2,1H3,(H,25,28). The van der Waals surface area contributed by atoms with Crippen LogP contribution >= 0.6 is 0 Å². The lowest BCUT2D eigenvalue weighted by Gasteiger charge is -2.06. The molecule has 1 aliphatic carbocycles. The smallest absolute Gasteiger partial charge is 0.251 e. The van der Waals surface area contributed by atoms with E-state index >= 15 is 0 Å². The molecule has 1 aliphatic rings. The van der Waals surface area contributed by atoms with Gasteiger partial charge in [-0.3, -0.25) is 4.79 Å². The van der Waals surface area contributed by atoms with Crippen molar-refractivity contribution in [3.8, 4) is 28.2 Å². The van der Waals surface area contributed by atoms with E-state index in [0.717, 1.165) is 41.0 Å². The molecule has 29 heavy (non-hydrogen) atoms.